The number of anilines is 2. The summed E-state index contributed by atoms with van der Waals surface area (Å²) in [6.45, 7) is 3.35. The number of aryl methyl sites for hydroxylation is 2. The highest BCUT2D eigenvalue weighted by Crippen LogP contribution is 2.29. The van der Waals surface area contributed by atoms with E-state index in [1.54, 1.807) is 54.9 Å². The Kier molecular flexibility index (Phi) is 4.37. The summed E-state index contributed by atoms with van der Waals surface area (Å²) < 4.78 is 1.58. The van der Waals surface area contributed by atoms with Crippen LogP contribution in [0.1, 0.15) is 11.5 Å². The van der Waals surface area contributed by atoms with Crippen molar-refractivity contribution in [2.24, 2.45) is 0 Å². The second kappa shape index (κ2) is 6.48. The van der Waals surface area contributed by atoms with Crippen LogP contribution in [0.5, 0.6) is 0 Å². The fraction of sp³-hybridized carbons (Fsp3) is 0.188. The average molecular weight is 359 g/mol. The summed E-state index contributed by atoms with van der Waals surface area (Å²) in [6, 6.07) is 7.16. The minimum atomic E-state index is -0.476. The lowest BCUT2D eigenvalue weighted by Crippen LogP contribution is -2.17. The predicted molar refractivity (Wildman–Crippen MR) is 94.8 cm³/mol. The lowest BCUT2D eigenvalue weighted by molar-refractivity contribution is -0.385. The summed E-state index contributed by atoms with van der Waals surface area (Å²) in [7, 11) is 1.79. The number of aromatic nitrogens is 4. The number of rotatable bonds is 4. The molecule has 3 aromatic rings. The minimum Gasteiger partial charge on any atom is -0.314 e. The van der Waals surface area contributed by atoms with Crippen molar-refractivity contribution in [3.63, 3.8) is 0 Å². The smallest absolute Gasteiger partial charge is 0.314 e. The third-order valence-corrected chi connectivity index (χ3v) is 4.03. The van der Waals surface area contributed by atoms with Crippen LogP contribution in [0.2, 0.25) is 5.02 Å². The molecule has 0 unspecified atom stereocenters. The van der Waals surface area contributed by atoms with Crippen LogP contribution in [0.25, 0.3) is 5.82 Å². The molecule has 0 spiro atoms. The Morgan fingerprint density at radius 2 is 1.88 bits per heavy atom. The molecule has 128 valence electrons. The lowest BCUT2D eigenvalue weighted by Gasteiger charge is -2.19. The number of halogens is 1. The van der Waals surface area contributed by atoms with Crippen LogP contribution in [0.3, 0.4) is 0 Å². The molecule has 0 amide bonds. The van der Waals surface area contributed by atoms with E-state index in [4.69, 9.17) is 11.6 Å². The summed E-state index contributed by atoms with van der Waals surface area (Å²) in [5, 5.41) is 12.1. The van der Waals surface area contributed by atoms with Gasteiger partial charge in [0.15, 0.2) is 0 Å². The van der Waals surface area contributed by atoms with Gasteiger partial charge in [0.05, 0.1) is 4.92 Å². The molecule has 0 N–H and O–H groups in total. The molecule has 8 nitrogen and oxygen atoms in total. The Morgan fingerprint density at radius 1 is 1.20 bits per heavy atom. The zero-order valence-electron chi connectivity index (χ0n) is 13.8. The third-order valence-electron chi connectivity index (χ3n) is 3.78. The predicted octanol–water partition coefficient (Wildman–Crippen LogP) is 3.61. The third kappa shape index (κ3) is 3.16. The maximum absolute atomic E-state index is 11.5. The molecular formula is C16H15ClN6O2. The number of hydrogen-bond donors (Lipinski definition) is 0. The number of nitro groups is 1. The van der Waals surface area contributed by atoms with Gasteiger partial charge in [-0.25, -0.2) is 9.97 Å². The number of nitrogens with zero attached hydrogens (tertiary/aromatic N) is 6. The topological polar surface area (TPSA) is 90.0 Å². The Bertz CT molecular complexity index is 938. The number of imidazole rings is 1. The molecule has 0 radical (unpaired) electrons. The Balaban J connectivity index is 2.16. The van der Waals surface area contributed by atoms with Gasteiger partial charge in [0.2, 0.25) is 11.8 Å². The van der Waals surface area contributed by atoms with Crippen LogP contribution in [-0.2, 0) is 0 Å². The Morgan fingerprint density at radius 3 is 2.44 bits per heavy atom. The van der Waals surface area contributed by atoms with E-state index in [2.05, 4.69) is 15.0 Å². The van der Waals surface area contributed by atoms with Crippen LogP contribution in [0.15, 0.2) is 36.7 Å². The van der Waals surface area contributed by atoms with Gasteiger partial charge in [-0.3, -0.25) is 14.7 Å². The number of hydrogen-bond acceptors (Lipinski definition) is 6. The van der Waals surface area contributed by atoms with Crippen molar-refractivity contribution in [1.82, 2.24) is 19.5 Å². The fourth-order valence-corrected chi connectivity index (χ4v) is 2.58. The van der Waals surface area contributed by atoms with Crippen molar-refractivity contribution < 1.29 is 4.92 Å². The molecule has 0 saturated carbocycles. The highest BCUT2D eigenvalue weighted by Gasteiger charge is 2.25. The Labute approximate surface area is 148 Å². The van der Waals surface area contributed by atoms with Gasteiger partial charge in [0, 0.05) is 30.2 Å². The molecule has 0 bridgehead atoms. The van der Waals surface area contributed by atoms with E-state index < -0.39 is 4.92 Å². The first-order valence-electron chi connectivity index (χ1n) is 7.41. The molecule has 3 rings (SSSR count). The monoisotopic (exact) mass is 358 g/mol. The van der Waals surface area contributed by atoms with Gasteiger partial charge in [-0.1, -0.05) is 11.6 Å². The molecule has 2 heterocycles. The SMILES string of the molecule is Cc1nc(N(C)c2ccc(Cl)cc2)nc(-n2ccnc2C)c1[N+](=O)[O-]. The molecule has 0 saturated heterocycles. The van der Waals surface area contributed by atoms with Gasteiger partial charge in [0.25, 0.3) is 0 Å². The van der Waals surface area contributed by atoms with Crippen LogP contribution in [0, 0.1) is 24.0 Å². The van der Waals surface area contributed by atoms with Crippen molar-refractivity contribution in [3.8, 4) is 5.82 Å². The van der Waals surface area contributed by atoms with Gasteiger partial charge in [-0.05, 0) is 38.1 Å². The van der Waals surface area contributed by atoms with E-state index in [1.165, 1.54) is 0 Å². The largest absolute Gasteiger partial charge is 0.333 e. The quantitative estimate of drug-likeness (QED) is 0.522. The van der Waals surface area contributed by atoms with Gasteiger partial charge in [0.1, 0.15) is 11.5 Å². The van der Waals surface area contributed by atoms with E-state index in [9.17, 15) is 10.1 Å². The lowest BCUT2D eigenvalue weighted by atomic mass is 10.3. The normalized spacial score (nSPS) is 10.7. The first kappa shape index (κ1) is 16.8. The second-order valence-electron chi connectivity index (χ2n) is 5.42. The average Bonchev–Trinajstić information content (AvgIpc) is 2.99. The highest BCUT2D eigenvalue weighted by atomic mass is 35.5. The van der Waals surface area contributed by atoms with Crippen molar-refractivity contribution in [2.45, 2.75) is 13.8 Å². The van der Waals surface area contributed by atoms with Crippen molar-refractivity contribution in [1.29, 1.82) is 0 Å². The van der Waals surface area contributed by atoms with E-state index >= 15 is 0 Å². The molecule has 9 heteroatoms. The highest BCUT2D eigenvalue weighted by molar-refractivity contribution is 6.30. The number of benzene rings is 1. The maximum atomic E-state index is 11.5. The van der Waals surface area contributed by atoms with E-state index in [-0.39, 0.29) is 17.2 Å². The summed E-state index contributed by atoms with van der Waals surface area (Å²) in [4.78, 5) is 25.6. The minimum absolute atomic E-state index is 0.144. The van der Waals surface area contributed by atoms with E-state index in [0.717, 1.165) is 5.69 Å². The molecular weight excluding hydrogens is 344 g/mol. The molecule has 1 aromatic carbocycles. The zero-order valence-corrected chi connectivity index (χ0v) is 14.6. The molecule has 0 aliphatic heterocycles. The van der Waals surface area contributed by atoms with Crippen LogP contribution >= 0.6 is 11.6 Å². The van der Waals surface area contributed by atoms with Gasteiger partial charge < -0.3 is 4.90 Å². The second-order valence-corrected chi connectivity index (χ2v) is 5.85. The molecule has 25 heavy (non-hydrogen) atoms. The van der Waals surface area contributed by atoms with Crippen LogP contribution < -0.4 is 4.90 Å². The fourth-order valence-electron chi connectivity index (χ4n) is 2.45. The first-order valence-corrected chi connectivity index (χ1v) is 7.79. The van der Waals surface area contributed by atoms with E-state index in [1.807, 2.05) is 12.1 Å². The van der Waals surface area contributed by atoms with Crippen LogP contribution in [0.4, 0.5) is 17.3 Å². The standard InChI is InChI=1S/C16H15ClN6O2/c1-10-14(23(24)25)15(22-9-8-18-11(22)2)20-16(19-10)21(3)13-6-4-12(17)5-7-13/h4-9H,1-3H3. The van der Waals surface area contributed by atoms with Crippen molar-refractivity contribution in [3.05, 3.63) is 63.3 Å². The Hall–Kier alpha value is -3.00. The van der Waals surface area contributed by atoms with Gasteiger partial charge >= 0.3 is 5.69 Å². The summed E-state index contributed by atoms with van der Waals surface area (Å²) in [5.41, 5.74) is 0.944. The summed E-state index contributed by atoms with van der Waals surface area (Å²) in [5.74, 6) is 1.12. The first-order chi connectivity index (χ1) is 11.9. The van der Waals surface area contributed by atoms with Gasteiger partial charge in [-0.2, -0.15) is 4.98 Å². The summed E-state index contributed by atoms with van der Waals surface area (Å²) >= 11 is 5.92. The summed E-state index contributed by atoms with van der Waals surface area (Å²) in [6.07, 6.45) is 3.20. The van der Waals surface area contributed by atoms with Gasteiger partial charge in [-0.15, -0.1) is 0 Å². The van der Waals surface area contributed by atoms with Crippen molar-refractivity contribution in [2.75, 3.05) is 11.9 Å². The molecule has 0 aliphatic carbocycles. The molecule has 0 aliphatic rings. The molecule has 0 fully saturated rings. The van der Waals surface area contributed by atoms with Crippen molar-refractivity contribution >= 4 is 28.9 Å². The van der Waals surface area contributed by atoms with E-state index in [0.29, 0.717) is 16.8 Å². The molecule has 2 aromatic heterocycles. The van der Waals surface area contributed by atoms with Crippen LogP contribution in [-0.4, -0.2) is 31.5 Å². The zero-order chi connectivity index (χ0) is 18.1. The molecule has 0 atom stereocenters. The maximum Gasteiger partial charge on any atom is 0.333 e.